The monoisotopic (exact) mass is 351 g/mol. The van der Waals surface area contributed by atoms with Gasteiger partial charge in [0.25, 0.3) is 0 Å². The quantitative estimate of drug-likeness (QED) is 0.648. The van der Waals surface area contributed by atoms with Gasteiger partial charge in [-0.15, -0.1) is 0 Å². The molecule has 2 aromatic heterocycles. The van der Waals surface area contributed by atoms with E-state index in [0.717, 1.165) is 29.7 Å². The van der Waals surface area contributed by atoms with Crippen LogP contribution in [0.25, 0.3) is 11.4 Å². The van der Waals surface area contributed by atoms with Gasteiger partial charge in [-0.05, 0) is 25.8 Å². The van der Waals surface area contributed by atoms with Gasteiger partial charge in [0, 0.05) is 29.4 Å². The van der Waals surface area contributed by atoms with Crippen LogP contribution in [0.15, 0.2) is 33.5 Å². The van der Waals surface area contributed by atoms with Gasteiger partial charge in [-0.1, -0.05) is 17.3 Å². The van der Waals surface area contributed by atoms with Crippen molar-refractivity contribution in [1.82, 2.24) is 15.1 Å². The van der Waals surface area contributed by atoms with Gasteiger partial charge < -0.3 is 13.7 Å². The molecule has 1 saturated carbocycles. The first-order valence-corrected chi connectivity index (χ1v) is 8.73. The molecular formula is C19H17N3O4. The van der Waals surface area contributed by atoms with Crippen LogP contribution in [0.1, 0.15) is 58.8 Å². The van der Waals surface area contributed by atoms with Gasteiger partial charge in [-0.25, -0.2) is 4.98 Å². The second-order valence-electron chi connectivity index (χ2n) is 6.89. The number of hydrogen-bond donors (Lipinski definition) is 0. The van der Waals surface area contributed by atoms with Crippen LogP contribution in [0.4, 0.5) is 0 Å². The molecule has 1 aliphatic carbocycles. The van der Waals surface area contributed by atoms with Crippen molar-refractivity contribution in [3.8, 4) is 17.1 Å². The molecule has 1 atom stereocenters. The third-order valence-electron chi connectivity index (χ3n) is 4.95. The number of aryl methyl sites for hydroxylation is 1. The van der Waals surface area contributed by atoms with Crippen LogP contribution in [0.2, 0.25) is 0 Å². The number of ketones is 1. The van der Waals surface area contributed by atoms with Gasteiger partial charge >= 0.3 is 0 Å². The van der Waals surface area contributed by atoms with Crippen LogP contribution in [0, 0.1) is 6.92 Å². The van der Waals surface area contributed by atoms with Crippen LogP contribution in [0.3, 0.4) is 0 Å². The standard InChI is InChI=1S/C19H17N3O4/c1-10-17(25-9-20-10)15(23)6-13-8-24-16-7-12(4-5-14(13)16)18-21-19(26-22-18)11-2-3-11/h4-5,7,9,11,13H,2-3,6,8H2,1H3/t13-/m1/s1. The fourth-order valence-electron chi connectivity index (χ4n) is 3.32. The first kappa shape index (κ1) is 15.3. The van der Waals surface area contributed by atoms with Crippen molar-refractivity contribution in [2.45, 2.75) is 38.0 Å². The summed E-state index contributed by atoms with van der Waals surface area (Å²) in [5.41, 5.74) is 2.50. The van der Waals surface area contributed by atoms with E-state index in [-0.39, 0.29) is 11.7 Å². The van der Waals surface area contributed by atoms with Crippen molar-refractivity contribution in [3.05, 3.63) is 47.5 Å². The zero-order valence-corrected chi connectivity index (χ0v) is 14.3. The smallest absolute Gasteiger partial charge is 0.230 e. The van der Waals surface area contributed by atoms with E-state index in [1.807, 2.05) is 18.2 Å². The van der Waals surface area contributed by atoms with Gasteiger partial charge in [-0.2, -0.15) is 4.98 Å². The number of hydrogen-bond acceptors (Lipinski definition) is 7. The van der Waals surface area contributed by atoms with E-state index in [1.165, 1.54) is 6.39 Å². The topological polar surface area (TPSA) is 91.2 Å². The molecule has 0 radical (unpaired) electrons. The Labute approximate surface area is 149 Å². The minimum atomic E-state index is -0.0576. The Bertz CT molecular complexity index is 986. The van der Waals surface area contributed by atoms with Crippen LogP contribution in [-0.2, 0) is 0 Å². The number of fused-ring (bicyclic) bond motifs is 1. The van der Waals surface area contributed by atoms with Crippen molar-refractivity contribution in [1.29, 1.82) is 0 Å². The lowest BCUT2D eigenvalue weighted by Gasteiger charge is -2.07. The summed E-state index contributed by atoms with van der Waals surface area (Å²) in [7, 11) is 0. The van der Waals surface area contributed by atoms with E-state index in [2.05, 4.69) is 15.1 Å². The number of carbonyl (C=O) groups is 1. The third-order valence-corrected chi connectivity index (χ3v) is 4.95. The molecule has 132 valence electrons. The molecule has 3 heterocycles. The molecule has 0 amide bonds. The maximum atomic E-state index is 12.4. The molecule has 7 heteroatoms. The molecule has 5 rings (SSSR count). The summed E-state index contributed by atoms with van der Waals surface area (Å²) in [6.07, 6.45) is 3.87. The number of Topliss-reactive ketones (excluding diaryl/α,β-unsaturated/α-hetero) is 1. The molecule has 3 aromatic rings. The number of aromatic nitrogens is 3. The highest BCUT2D eigenvalue weighted by molar-refractivity contribution is 5.95. The highest BCUT2D eigenvalue weighted by Crippen LogP contribution is 2.41. The van der Waals surface area contributed by atoms with E-state index in [1.54, 1.807) is 6.92 Å². The Kier molecular flexibility index (Phi) is 3.41. The molecule has 1 aliphatic heterocycles. The molecule has 0 bridgehead atoms. The number of carbonyl (C=O) groups excluding carboxylic acids is 1. The minimum Gasteiger partial charge on any atom is -0.493 e. The molecule has 1 aromatic carbocycles. The third kappa shape index (κ3) is 2.60. The lowest BCUT2D eigenvalue weighted by molar-refractivity contribution is 0.0941. The predicted molar refractivity (Wildman–Crippen MR) is 90.1 cm³/mol. The van der Waals surface area contributed by atoms with E-state index < -0.39 is 0 Å². The SMILES string of the molecule is Cc1ncoc1C(=O)C[C@@H]1COc2cc(-c3noc(C4CC4)n3)ccc21. The average molecular weight is 351 g/mol. The highest BCUT2D eigenvalue weighted by atomic mass is 16.5. The number of nitrogens with zero attached hydrogens (tertiary/aromatic N) is 3. The summed E-state index contributed by atoms with van der Waals surface area (Å²) in [6, 6.07) is 5.85. The largest absolute Gasteiger partial charge is 0.493 e. The fraction of sp³-hybridized carbons (Fsp3) is 0.368. The molecule has 0 saturated heterocycles. The maximum absolute atomic E-state index is 12.4. The first-order valence-electron chi connectivity index (χ1n) is 8.73. The summed E-state index contributed by atoms with van der Waals surface area (Å²) in [4.78, 5) is 20.9. The van der Waals surface area contributed by atoms with E-state index in [0.29, 0.717) is 42.1 Å². The Morgan fingerprint density at radius 1 is 1.31 bits per heavy atom. The Morgan fingerprint density at radius 2 is 2.19 bits per heavy atom. The average Bonchev–Trinajstić information content (AvgIpc) is 3.05. The fourth-order valence-corrected chi connectivity index (χ4v) is 3.32. The van der Waals surface area contributed by atoms with Crippen LogP contribution in [-0.4, -0.2) is 27.5 Å². The maximum Gasteiger partial charge on any atom is 0.230 e. The summed E-state index contributed by atoms with van der Waals surface area (Å²) in [5.74, 6) is 2.77. The highest BCUT2D eigenvalue weighted by Gasteiger charge is 2.31. The molecule has 1 fully saturated rings. The van der Waals surface area contributed by atoms with Crippen molar-refractivity contribution >= 4 is 5.78 Å². The molecular weight excluding hydrogens is 334 g/mol. The van der Waals surface area contributed by atoms with Gasteiger partial charge in [0.05, 0.1) is 12.3 Å². The van der Waals surface area contributed by atoms with Crippen molar-refractivity contribution in [2.75, 3.05) is 6.61 Å². The lowest BCUT2D eigenvalue weighted by atomic mass is 9.94. The number of rotatable bonds is 5. The van der Waals surface area contributed by atoms with Crippen LogP contribution in [0.5, 0.6) is 5.75 Å². The zero-order chi connectivity index (χ0) is 17.7. The molecule has 0 spiro atoms. The van der Waals surface area contributed by atoms with E-state index in [4.69, 9.17) is 13.7 Å². The van der Waals surface area contributed by atoms with E-state index >= 15 is 0 Å². The summed E-state index contributed by atoms with van der Waals surface area (Å²) in [5, 5.41) is 4.07. The van der Waals surface area contributed by atoms with Crippen molar-refractivity contribution in [3.63, 3.8) is 0 Å². The van der Waals surface area contributed by atoms with Crippen molar-refractivity contribution in [2.24, 2.45) is 0 Å². The Hall–Kier alpha value is -2.96. The number of benzene rings is 1. The van der Waals surface area contributed by atoms with Crippen LogP contribution < -0.4 is 4.74 Å². The minimum absolute atomic E-state index is 0.00310. The van der Waals surface area contributed by atoms with E-state index in [9.17, 15) is 4.79 Å². The van der Waals surface area contributed by atoms with Crippen LogP contribution >= 0.6 is 0 Å². The first-order chi connectivity index (χ1) is 12.7. The normalized spacial score (nSPS) is 18.6. The lowest BCUT2D eigenvalue weighted by Crippen LogP contribution is -2.09. The second-order valence-corrected chi connectivity index (χ2v) is 6.89. The molecule has 26 heavy (non-hydrogen) atoms. The Morgan fingerprint density at radius 3 is 2.96 bits per heavy atom. The zero-order valence-electron chi connectivity index (χ0n) is 14.3. The summed E-state index contributed by atoms with van der Waals surface area (Å²) >= 11 is 0. The summed E-state index contributed by atoms with van der Waals surface area (Å²) in [6.45, 7) is 2.24. The second kappa shape index (κ2) is 5.79. The Balaban J connectivity index is 1.36. The number of ether oxygens (including phenoxy) is 1. The molecule has 0 unspecified atom stereocenters. The van der Waals surface area contributed by atoms with Gasteiger partial charge in [0.2, 0.25) is 17.5 Å². The predicted octanol–water partition coefficient (Wildman–Crippen LogP) is 3.66. The van der Waals surface area contributed by atoms with Crippen molar-refractivity contribution < 1.29 is 18.5 Å². The number of oxazole rings is 1. The van der Waals surface area contributed by atoms with Gasteiger partial charge in [0.1, 0.15) is 5.75 Å². The molecule has 0 N–H and O–H groups in total. The van der Waals surface area contributed by atoms with Gasteiger partial charge in [0.15, 0.2) is 12.2 Å². The molecule has 2 aliphatic rings. The summed E-state index contributed by atoms with van der Waals surface area (Å²) < 4.78 is 16.3. The van der Waals surface area contributed by atoms with Gasteiger partial charge in [-0.3, -0.25) is 4.79 Å². The molecule has 7 nitrogen and oxygen atoms in total.